The highest BCUT2D eigenvalue weighted by molar-refractivity contribution is 7.10. The summed E-state index contributed by atoms with van der Waals surface area (Å²) in [4.78, 5) is 25.1. The standard InChI is InChI=1S/C20H15F2NO3S/c21-14-8-9-15(16(22)11-14)20(25)26-12-18(24)23-19(17-7-4-10-27-17)13-5-2-1-3-6-13/h1-11,19H,12H2,(H,23,24)/t19-/m0/s1. The van der Waals surface area contributed by atoms with Gasteiger partial charge in [0, 0.05) is 10.9 Å². The molecule has 1 atom stereocenters. The number of thiophene rings is 1. The Morgan fingerprint density at radius 3 is 2.48 bits per heavy atom. The van der Waals surface area contributed by atoms with Crippen molar-refractivity contribution in [2.75, 3.05) is 6.61 Å². The first-order chi connectivity index (χ1) is 13.0. The molecule has 0 saturated heterocycles. The van der Waals surface area contributed by atoms with E-state index in [2.05, 4.69) is 5.32 Å². The van der Waals surface area contributed by atoms with Gasteiger partial charge in [-0.05, 0) is 29.1 Å². The van der Waals surface area contributed by atoms with Crippen LogP contribution in [0.2, 0.25) is 0 Å². The second-order valence-corrected chi connectivity index (χ2v) is 6.61. The SMILES string of the molecule is O=C(COC(=O)c1ccc(F)cc1F)N[C@@H](c1ccccc1)c1cccs1. The summed E-state index contributed by atoms with van der Waals surface area (Å²) < 4.78 is 31.4. The predicted molar refractivity (Wildman–Crippen MR) is 97.4 cm³/mol. The molecule has 0 saturated carbocycles. The van der Waals surface area contributed by atoms with Crippen molar-refractivity contribution in [3.8, 4) is 0 Å². The molecule has 1 heterocycles. The average Bonchev–Trinajstić information content (AvgIpc) is 3.19. The van der Waals surface area contributed by atoms with E-state index >= 15 is 0 Å². The lowest BCUT2D eigenvalue weighted by Crippen LogP contribution is -2.32. The van der Waals surface area contributed by atoms with Gasteiger partial charge in [0.2, 0.25) is 0 Å². The summed E-state index contributed by atoms with van der Waals surface area (Å²) in [6, 6.07) is 15.2. The third-order valence-electron chi connectivity index (χ3n) is 3.75. The molecule has 0 unspecified atom stereocenters. The van der Waals surface area contributed by atoms with Gasteiger partial charge in [0.15, 0.2) is 6.61 Å². The van der Waals surface area contributed by atoms with Crippen LogP contribution in [0.25, 0.3) is 0 Å². The number of rotatable bonds is 6. The van der Waals surface area contributed by atoms with E-state index in [0.717, 1.165) is 22.6 Å². The smallest absolute Gasteiger partial charge is 0.341 e. The van der Waals surface area contributed by atoms with Gasteiger partial charge >= 0.3 is 5.97 Å². The first-order valence-electron chi connectivity index (χ1n) is 8.04. The quantitative estimate of drug-likeness (QED) is 0.648. The Morgan fingerprint density at radius 2 is 1.81 bits per heavy atom. The van der Waals surface area contributed by atoms with Crippen LogP contribution in [0.4, 0.5) is 8.78 Å². The van der Waals surface area contributed by atoms with Crippen molar-refractivity contribution in [3.05, 3.63) is 93.7 Å². The number of benzene rings is 2. The lowest BCUT2D eigenvalue weighted by molar-refractivity contribution is -0.124. The molecule has 0 aliphatic heterocycles. The van der Waals surface area contributed by atoms with Gasteiger partial charge in [-0.25, -0.2) is 13.6 Å². The van der Waals surface area contributed by atoms with Crippen molar-refractivity contribution in [2.24, 2.45) is 0 Å². The zero-order chi connectivity index (χ0) is 19.2. The molecule has 3 aromatic rings. The lowest BCUT2D eigenvalue weighted by Gasteiger charge is -2.18. The normalized spacial score (nSPS) is 11.6. The van der Waals surface area contributed by atoms with Crippen molar-refractivity contribution in [2.45, 2.75) is 6.04 Å². The van der Waals surface area contributed by atoms with E-state index < -0.39 is 35.7 Å². The number of carbonyl (C=O) groups is 2. The number of hydrogen-bond donors (Lipinski definition) is 1. The minimum atomic E-state index is -1.04. The Morgan fingerprint density at radius 1 is 1.04 bits per heavy atom. The number of esters is 1. The summed E-state index contributed by atoms with van der Waals surface area (Å²) >= 11 is 1.48. The molecule has 7 heteroatoms. The van der Waals surface area contributed by atoms with Crippen molar-refractivity contribution in [3.63, 3.8) is 0 Å². The Labute approximate surface area is 158 Å². The van der Waals surface area contributed by atoms with Crippen LogP contribution in [0.15, 0.2) is 66.0 Å². The molecule has 3 rings (SSSR count). The molecule has 1 aromatic heterocycles. The minimum absolute atomic E-state index is 0.389. The monoisotopic (exact) mass is 387 g/mol. The van der Waals surface area contributed by atoms with Crippen LogP contribution in [0.5, 0.6) is 0 Å². The summed E-state index contributed by atoms with van der Waals surface area (Å²) in [6.45, 7) is -0.579. The Hall–Kier alpha value is -3.06. The van der Waals surface area contributed by atoms with Gasteiger partial charge in [0.1, 0.15) is 11.6 Å². The second-order valence-electron chi connectivity index (χ2n) is 5.63. The molecule has 4 nitrogen and oxygen atoms in total. The molecular weight excluding hydrogens is 372 g/mol. The van der Waals surface area contributed by atoms with Gasteiger partial charge in [0.05, 0.1) is 11.6 Å². The first-order valence-corrected chi connectivity index (χ1v) is 8.92. The minimum Gasteiger partial charge on any atom is -0.452 e. The molecule has 0 bridgehead atoms. The molecule has 0 aliphatic rings. The van der Waals surface area contributed by atoms with E-state index in [9.17, 15) is 18.4 Å². The van der Waals surface area contributed by atoms with E-state index in [0.29, 0.717) is 6.07 Å². The molecule has 2 aromatic carbocycles. The maximum Gasteiger partial charge on any atom is 0.341 e. The van der Waals surface area contributed by atoms with Crippen LogP contribution in [0.3, 0.4) is 0 Å². The average molecular weight is 387 g/mol. The topological polar surface area (TPSA) is 55.4 Å². The van der Waals surface area contributed by atoms with Crippen LogP contribution in [0, 0.1) is 11.6 Å². The molecule has 0 spiro atoms. The highest BCUT2D eigenvalue weighted by Gasteiger charge is 2.20. The third kappa shape index (κ3) is 4.77. The highest BCUT2D eigenvalue weighted by atomic mass is 32.1. The molecule has 1 N–H and O–H groups in total. The number of nitrogens with one attached hydrogen (secondary N) is 1. The largest absolute Gasteiger partial charge is 0.452 e. The van der Waals surface area contributed by atoms with Crippen LogP contribution in [0.1, 0.15) is 26.8 Å². The Balaban J connectivity index is 1.65. The van der Waals surface area contributed by atoms with Gasteiger partial charge in [-0.15, -0.1) is 11.3 Å². The van der Waals surface area contributed by atoms with Gasteiger partial charge in [0.25, 0.3) is 5.91 Å². The number of amides is 1. The van der Waals surface area contributed by atoms with E-state index in [-0.39, 0.29) is 6.04 Å². The van der Waals surface area contributed by atoms with Crippen molar-refractivity contribution in [1.29, 1.82) is 0 Å². The second kappa shape index (κ2) is 8.55. The van der Waals surface area contributed by atoms with Gasteiger partial charge < -0.3 is 10.1 Å². The predicted octanol–water partition coefficient (Wildman–Crippen LogP) is 4.09. The van der Waals surface area contributed by atoms with Crippen LogP contribution in [-0.2, 0) is 9.53 Å². The van der Waals surface area contributed by atoms with E-state index in [4.69, 9.17) is 4.74 Å². The number of hydrogen-bond acceptors (Lipinski definition) is 4. The van der Waals surface area contributed by atoms with Crippen LogP contribution >= 0.6 is 11.3 Å². The van der Waals surface area contributed by atoms with Crippen LogP contribution < -0.4 is 5.32 Å². The fraction of sp³-hybridized carbons (Fsp3) is 0.100. The van der Waals surface area contributed by atoms with Crippen molar-refractivity contribution in [1.82, 2.24) is 5.32 Å². The van der Waals surface area contributed by atoms with Crippen molar-refractivity contribution < 1.29 is 23.1 Å². The summed E-state index contributed by atoms with van der Waals surface area (Å²) in [5.74, 6) is -3.41. The highest BCUT2D eigenvalue weighted by Crippen LogP contribution is 2.25. The zero-order valence-electron chi connectivity index (χ0n) is 14.0. The first kappa shape index (κ1) is 18.7. The Bertz CT molecular complexity index is 930. The van der Waals surface area contributed by atoms with Gasteiger partial charge in [-0.1, -0.05) is 36.4 Å². The molecule has 27 heavy (non-hydrogen) atoms. The molecule has 0 radical (unpaired) electrons. The summed E-state index contributed by atoms with van der Waals surface area (Å²) in [5, 5.41) is 4.70. The van der Waals surface area contributed by atoms with E-state index in [1.54, 1.807) is 0 Å². The maximum absolute atomic E-state index is 13.6. The molecular formula is C20H15F2NO3S. The number of carbonyl (C=O) groups excluding carboxylic acids is 2. The summed E-state index contributed by atoms with van der Waals surface area (Å²) in [7, 11) is 0. The third-order valence-corrected chi connectivity index (χ3v) is 4.69. The van der Waals surface area contributed by atoms with Gasteiger partial charge in [-0.2, -0.15) is 0 Å². The van der Waals surface area contributed by atoms with E-state index in [1.165, 1.54) is 11.3 Å². The molecule has 1 amide bonds. The fourth-order valence-corrected chi connectivity index (χ4v) is 3.29. The van der Waals surface area contributed by atoms with Gasteiger partial charge in [-0.3, -0.25) is 4.79 Å². The summed E-state index contributed by atoms with van der Waals surface area (Å²) in [5.41, 5.74) is 0.450. The lowest BCUT2D eigenvalue weighted by atomic mass is 10.1. The Kier molecular flexibility index (Phi) is 5.93. The number of ether oxygens (including phenoxy) is 1. The van der Waals surface area contributed by atoms with Crippen LogP contribution in [-0.4, -0.2) is 18.5 Å². The van der Waals surface area contributed by atoms with E-state index in [1.807, 2.05) is 47.8 Å². The number of halogens is 2. The molecule has 138 valence electrons. The zero-order valence-corrected chi connectivity index (χ0v) is 14.8. The van der Waals surface area contributed by atoms with Crippen molar-refractivity contribution >= 4 is 23.2 Å². The molecule has 0 aliphatic carbocycles. The fourth-order valence-electron chi connectivity index (χ4n) is 2.49. The summed E-state index contributed by atoms with van der Waals surface area (Å²) in [6.07, 6.45) is 0. The maximum atomic E-state index is 13.6. The molecule has 0 fully saturated rings.